The van der Waals surface area contributed by atoms with Crippen LogP contribution in [0.5, 0.6) is 0 Å². The second kappa shape index (κ2) is 2.87. The molecule has 2 saturated heterocycles. The Balaban J connectivity index is 1.95. The molecule has 6 nitrogen and oxygen atoms in total. The van der Waals surface area contributed by atoms with Gasteiger partial charge in [0.05, 0.1) is 12.7 Å². The van der Waals surface area contributed by atoms with E-state index in [1.54, 1.807) is 0 Å². The van der Waals surface area contributed by atoms with Gasteiger partial charge in [0.1, 0.15) is 6.10 Å². The minimum Gasteiger partial charge on any atom is -0.373 e. The van der Waals surface area contributed by atoms with Crippen LogP contribution in [0.4, 0.5) is 0 Å². The van der Waals surface area contributed by atoms with Crippen molar-refractivity contribution in [2.24, 2.45) is 0 Å². The molecular weight excluding hydrogens is 166 g/mol. The van der Waals surface area contributed by atoms with Crippen molar-refractivity contribution in [3.8, 4) is 0 Å². The van der Waals surface area contributed by atoms with Crippen molar-refractivity contribution >= 4 is 0 Å². The van der Waals surface area contributed by atoms with E-state index in [4.69, 9.17) is 9.47 Å². The van der Waals surface area contributed by atoms with Gasteiger partial charge in [-0.25, -0.2) is 0 Å². The largest absolute Gasteiger partial charge is 0.373 e. The molecule has 0 radical (unpaired) electrons. The van der Waals surface area contributed by atoms with Gasteiger partial charge in [-0.3, -0.25) is 0 Å². The van der Waals surface area contributed by atoms with Gasteiger partial charge in [-0.2, -0.15) is 0 Å². The third-order valence-electron chi connectivity index (χ3n) is 2.14. The zero-order valence-corrected chi connectivity index (χ0v) is 6.34. The summed E-state index contributed by atoms with van der Waals surface area (Å²) in [6, 6.07) is 0. The zero-order valence-electron chi connectivity index (χ0n) is 6.34. The summed E-state index contributed by atoms with van der Waals surface area (Å²) in [6.07, 6.45) is 0.0280. The smallest absolute Gasteiger partial charge is 0.294 e. The van der Waals surface area contributed by atoms with Gasteiger partial charge >= 0.3 is 0 Å². The van der Waals surface area contributed by atoms with Gasteiger partial charge in [0.15, 0.2) is 6.10 Å². The lowest BCUT2D eigenvalue weighted by atomic mass is 10.1. The molecule has 2 aliphatic heterocycles. The maximum Gasteiger partial charge on any atom is 0.294 e. The second-order valence-electron chi connectivity index (χ2n) is 2.86. The van der Waals surface area contributed by atoms with E-state index in [9.17, 15) is 10.1 Å². The first-order valence-corrected chi connectivity index (χ1v) is 3.82. The molecular formula is C6H9NO5. The minimum absolute atomic E-state index is 0.00468. The van der Waals surface area contributed by atoms with E-state index in [1.165, 1.54) is 0 Å². The Hall–Kier alpha value is -0.880. The van der Waals surface area contributed by atoms with Crippen LogP contribution in [0.3, 0.4) is 0 Å². The van der Waals surface area contributed by atoms with Crippen LogP contribution in [0.15, 0.2) is 0 Å². The Morgan fingerprint density at radius 1 is 1.50 bits per heavy atom. The topological polar surface area (TPSA) is 70.8 Å². The molecule has 0 aliphatic carbocycles. The lowest BCUT2D eigenvalue weighted by molar-refractivity contribution is -0.769. The average molecular weight is 175 g/mol. The molecule has 0 amide bonds. The predicted octanol–water partition coefficient (Wildman–Crippen LogP) is -0.249. The van der Waals surface area contributed by atoms with Crippen LogP contribution >= 0.6 is 0 Å². The number of nitrogens with zero attached hydrogens (tertiary/aromatic N) is 1. The Morgan fingerprint density at radius 2 is 2.33 bits per heavy atom. The first-order chi connectivity index (χ1) is 5.77. The molecule has 0 saturated carbocycles. The van der Waals surface area contributed by atoms with Crippen molar-refractivity contribution in [2.75, 3.05) is 13.2 Å². The van der Waals surface area contributed by atoms with Crippen molar-refractivity contribution in [2.45, 2.75) is 24.7 Å². The molecule has 12 heavy (non-hydrogen) atoms. The Kier molecular flexibility index (Phi) is 1.86. The van der Waals surface area contributed by atoms with E-state index in [2.05, 4.69) is 4.84 Å². The van der Waals surface area contributed by atoms with Crippen LogP contribution in [0.25, 0.3) is 0 Å². The molecule has 0 bridgehead atoms. The molecule has 0 aromatic heterocycles. The fraction of sp³-hybridized carbons (Fsp3) is 1.00. The SMILES string of the molecule is O=[N+]([O-])O[C@@H]1COC2CCOC21. The highest BCUT2D eigenvalue weighted by molar-refractivity contribution is 4.89. The van der Waals surface area contributed by atoms with Crippen molar-refractivity contribution < 1.29 is 19.4 Å². The Bertz CT molecular complexity index is 196. The second-order valence-corrected chi connectivity index (χ2v) is 2.86. The van der Waals surface area contributed by atoms with Crippen molar-refractivity contribution in [1.29, 1.82) is 0 Å². The summed E-state index contributed by atoms with van der Waals surface area (Å²) >= 11 is 0. The Labute approximate surface area is 68.5 Å². The summed E-state index contributed by atoms with van der Waals surface area (Å²) in [4.78, 5) is 14.4. The fourth-order valence-corrected chi connectivity index (χ4v) is 1.63. The highest BCUT2D eigenvalue weighted by Gasteiger charge is 2.43. The van der Waals surface area contributed by atoms with Crippen LogP contribution in [0, 0.1) is 10.1 Å². The van der Waals surface area contributed by atoms with Crippen LogP contribution in [0.1, 0.15) is 6.42 Å². The number of hydrogen-bond acceptors (Lipinski definition) is 5. The van der Waals surface area contributed by atoms with Crippen molar-refractivity contribution in [3.63, 3.8) is 0 Å². The van der Waals surface area contributed by atoms with Crippen LogP contribution in [-0.2, 0) is 14.3 Å². The van der Waals surface area contributed by atoms with E-state index in [0.717, 1.165) is 6.42 Å². The maximum absolute atomic E-state index is 10.0. The maximum atomic E-state index is 10.0. The van der Waals surface area contributed by atoms with Gasteiger partial charge in [0.25, 0.3) is 5.09 Å². The minimum atomic E-state index is -0.794. The molecule has 2 heterocycles. The fourth-order valence-electron chi connectivity index (χ4n) is 1.63. The standard InChI is InChI=1S/C6H9NO5/c8-7(9)12-5-3-11-4-1-2-10-6(4)5/h4-6H,1-3H2/t4?,5-,6?/m1/s1. The van der Waals surface area contributed by atoms with Gasteiger partial charge in [-0.15, -0.1) is 10.1 Å². The molecule has 0 aromatic carbocycles. The molecule has 2 aliphatic rings. The van der Waals surface area contributed by atoms with E-state index < -0.39 is 11.2 Å². The summed E-state index contributed by atoms with van der Waals surface area (Å²) in [5.74, 6) is 0. The predicted molar refractivity (Wildman–Crippen MR) is 36.0 cm³/mol. The van der Waals surface area contributed by atoms with Gasteiger partial charge in [-0.1, -0.05) is 0 Å². The van der Waals surface area contributed by atoms with E-state index in [1.807, 2.05) is 0 Å². The highest BCUT2D eigenvalue weighted by atomic mass is 17.0. The third kappa shape index (κ3) is 1.23. The number of hydrogen-bond donors (Lipinski definition) is 0. The molecule has 2 unspecified atom stereocenters. The first-order valence-electron chi connectivity index (χ1n) is 3.82. The van der Waals surface area contributed by atoms with Crippen LogP contribution in [0.2, 0.25) is 0 Å². The van der Waals surface area contributed by atoms with Gasteiger partial charge < -0.3 is 14.3 Å². The van der Waals surface area contributed by atoms with E-state index >= 15 is 0 Å². The van der Waals surface area contributed by atoms with Crippen molar-refractivity contribution in [3.05, 3.63) is 10.1 Å². The number of fused-ring (bicyclic) bond motifs is 1. The van der Waals surface area contributed by atoms with Crippen LogP contribution < -0.4 is 0 Å². The summed E-state index contributed by atoms with van der Waals surface area (Å²) in [5, 5.41) is 9.22. The molecule has 0 aromatic rings. The summed E-state index contributed by atoms with van der Waals surface area (Å²) in [7, 11) is 0. The normalized spacial score (nSPS) is 39.5. The van der Waals surface area contributed by atoms with Gasteiger partial charge in [-0.05, 0) is 6.42 Å². The summed E-state index contributed by atoms with van der Waals surface area (Å²) < 4.78 is 10.5. The molecule has 2 fully saturated rings. The molecule has 68 valence electrons. The third-order valence-corrected chi connectivity index (χ3v) is 2.14. The highest BCUT2D eigenvalue weighted by Crippen LogP contribution is 2.28. The number of rotatable bonds is 2. The number of ether oxygens (including phenoxy) is 2. The average Bonchev–Trinajstić information content (AvgIpc) is 2.52. The summed E-state index contributed by atoms with van der Waals surface area (Å²) in [5.41, 5.74) is 0. The summed E-state index contributed by atoms with van der Waals surface area (Å²) in [6.45, 7) is 0.864. The molecule has 0 spiro atoms. The quantitative estimate of drug-likeness (QED) is 0.427. The molecule has 0 N–H and O–H groups in total. The van der Waals surface area contributed by atoms with E-state index in [-0.39, 0.29) is 18.8 Å². The van der Waals surface area contributed by atoms with Gasteiger partial charge in [0, 0.05) is 6.61 Å². The zero-order chi connectivity index (χ0) is 8.55. The Morgan fingerprint density at radius 3 is 3.08 bits per heavy atom. The lowest BCUT2D eigenvalue weighted by Gasteiger charge is -2.12. The molecule has 3 atom stereocenters. The van der Waals surface area contributed by atoms with Crippen molar-refractivity contribution in [1.82, 2.24) is 0 Å². The first kappa shape index (κ1) is 7.75. The van der Waals surface area contributed by atoms with E-state index in [0.29, 0.717) is 6.61 Å². The van der Waals surface area contributed by atoms with Crippen LogP contribution in [-0.4, -0.2) is 36.6 Å². The lowest BCUT2D eigenvalue weighted by Crippen LogP contribution is -2.31. The molecule has 6 heteroatoms. The van der Waals surface area contributed by atoms with Gasteiger partial charge in [0.2, 0.25) is 0 Å². The monoisotopic (exact) mass is 175 g/mol. The molecule has 2 rings (SSSR count).